The molecule has 1 saturated heterocycles. The molecule has 8 heteroatoms. The highest BCUT2D eigenvalue weighted by atomic mass is 16.5. The Morgan fingerprint density at radius 2 is 1.69 bits per heavy atom. The van der Waals surface area contributed by atoms with Gasteiger partial charge < -0.3 is 19.7 Å². The van der Waals surface area contributed by atoms with Gasteiger partial charge >= 0.3 is 0 Å². The number of methoxy groups -OCH3 is 1. The summed E-state index contributed by atoms with van der Waals surface area (Å²) in [6.07, 6.45) is 0. The van der Waals surface area contributed by atoms with Crippen LogP contribution in [-0.2, 0) is 4.74 Å². The molecule has 0 atom stereocenters. The summed E-state index contributed by atoms with van der Waals surface area (Å²) < 4.78 is 12.1. The van der Waals surface area contributed by atoms with Gasteiger partial charge in [0.1, 0.15) is 5.75 Å². The van der Waals surface area contributed by atoms with E-state index in [0.29, 0.717) is 17.1 Å². The second kappa shape index (κ2) is 8.32. The van der Waals surface area contributed by atoms with E-state index in [-0.39, 0.29) is 5.91 Å². The van der Waals surface area contributed by atoms with Crippen LogP contribution in [0.1, 0.15) is 16.2 Å². The first-order valence-electron chi connectivity index (χ1n) is 9.46. The number of ether oxygens (including phenoxy) is 2. The van der Waals surface area contributed by atoms with Crippen LogP contribution in [0.25, 0.3) is 5.69 Å². The molecule has 3 aromatic rings. The monoisotopic (exact) mass is 393 g/mol. The highest BCUT2D eigenvalue weighted by Crippen LogP contribution is 2.21. The van der Waals surface area contributed by atoms with E-state index in [1.165, 1.54) is 4.68 Å². The van der Waals surface area contributed by atoms with Crippen LogP contribution in [0.5, 0.6) is 5.75 Å². The van der Waals surface area contributed by atoms with Gasteiger partial charge in [-0.3, -0.25) is 4.79 Å². The number of morpholine rings is 1. The van der Waals surface area contributed by atoms with Crippen molar-refractivity contribution in [1.29, 1.82) is 0 Å². The van der Waals surface area contributed by atoms with Crippen LogP contribution in [0.15, 0.2) is 48.5 Å². The van der Waals surface area contributed by atoms with Crippen molar-refractivity contribution in [1.82, 2.24) is 15.0 Å². The molecular formula is C21H23N5O3. The van der Waals surface area contributed by atoms with Crippen molar-refractivity contribution in [2.24, 2.45) is 0 Å². The van der Waals surface area contributed by atoms with Crippen molar-refractivity contribution in [3.8, 4) is 11.4 Å². The van der Waals surface area contributed by atoms with E-state index < -0.39 is 0 Å². The summed E-state index contributed by atoms with van der Waals surface area (Å²) in [5.41, 5.74) is 3.52. The molecule has 1 aliphatic rings. The molecule has 1 fully saturated rings. The van der Waals surface area contributed by atoms with E-state index in [9.17, 15) is 4.79 Å². The average Bonchev–Trinajstić information content (AvgIpc) is 3.16. The summed E-state index contributed by atoms with van der Waals surface area (Å²) in [7, 11) is 1.61. The largest absolute Gasteiger partial charge is 0.497 e. The van der Waals surface area contributed by atoms with Crippen LogP contribution in [0.2, 0.25) is 0 Å². The van der Waals surface area contributed by atoms with E-state index in [0.717, 1.165) is 43.4 Å². The first-order chi connectivity index (χ1) is 14.2. The third kappa shape index (κ3) is 4.07. The Labute approximate surface area is 169 Å². The minimum Gasteiger partial charge on any atom is -0.497 e. The molecule has 0 bridgehead atoms. The number of carbonyl (C=O) groups excluding carboxylic acids is 1. The molecule has 1 aliphatic heterocycles. The molecular weight excluding hydrogens is 370 g/mol. The maximum absolute atomic E-state index is 12.9. The summed E-state index contributed by atoms with van der Waals surface area (Å²) in [5.74, 6) is 0.472. The fourth-order valence-electron chi connectivity index (χ4n) is 3.29. The van der Waals surface area contributed by atoms with Gasteiger partial charge in [-0.2, -0.15) is 0 Å². The van der Waals surface area contributed by atoms with Gasteiger partial charge in [0.25, 0.3) is 5.91 Å². The molecule has 0 aliphatic carbocycles. The lowest BCUT2D eigenvalue weighted by molar-refractivity contribution is 0.101. The molecule has 0 radical (unpaired) electrons. The Morgan fingerprint density at radius 3 is 2.34 bits per heavy atom. The number of carbonyl (C=O) groups is 1. The van der Waals surface area contributed by atoms with Crippen molar-refractivity contribution in [3.63, 3.8) is 0 Å². The number of aromatic nitrogens is 3. The summed E-state index contributed by atoms with van der Waals surface area (Å²) in [5, 5.41) is 11.1. The first-order valence-corrected chi connectivity index (χ1v) is 9.46. The van der Waals surface area contributed by atoms with Gasteiger partial charge in [-0.25, -0.2) is 4.68 Å². The first kappa shape index (κ1) is 18.9. The van der Waals surface area contributed by atoms with Gasteiger partial charge in [-0.05, 0) is 55.5 Å². The Morgan fingerprint density at radius 1 is 1.03 bits per heavy atom. The number of aryl methyl sites for hydroxylation is 1. The Hall–Kier alpha value is -3.39. The molecule has 0 saturated carbocycles. The number of nitrogens with zero attached hydrogens (tertiary/aromatic N) is 4. The van der Waals surface area contributed by atoms with E-state index in [4.69, 9.17) is 9.47 Å². The van der Waals surface area contributed by atoms with Crippen LogP contribution in [0.3, 0.4) is 0 Å². The average molecular weight is 393 g/mol. The van der Waals surface area contributed by atoms with Gasteiger partial charge in [0.15, 0.2) is 5.69 Å². The zero-order valence-corrected chi connectivity index (χ0v) is 16.5. The number of rotatable bonds is 5. The lowest BCUT2D eigenvalue weighted by Gasteiger charge is -2.28. The van der Waals surface area contributed by atoms with Crippen LogP contribution >= 0.6 is 0 Å². The van der Waals surface area contributed by atoms with E-state index in [2.05, 4.69) is 20.5 Å². The number of amides is 1. The third-order valence-corrected chi connectivity index (χ3v) is 4.87. The predicted molar refractivity (Wildman–Crippen MR) is 110 cm³/mol. The highest BCUT2D eigenvalue weighted by Gasteiger charge is 2.19. The van der Waals surface area contributed by atoms with Gasteiger partial charge in [0.05, 0.1) is 31.7 Å². The molecule has 2 heterocycles. The molecule has 2 aromatic carbocycles. The zero-order chi connectivity index (χ0) is 20.2. The molecule has 4 rings (SSSR count). The van der Waals surface area contributed by atoms with Crippen LogP contribution < -0.4 is 15.0 Å². The Balaban J connectivity index is 1.52. The van der Waals surface area contributed by atoms with Gasteiger partial charge in [-0.1, -0.05) is 5.21 Å². The SMILES string of the molecule is COc1ccc(-n2nnc(C)c2C(=O)Nc2ccc(N3CCOCC3)cc2)cc1. The highest BCUT2D eigenvalue weighted by molar-refractivity contribution is 6.04. The maximum Gasteiger partial charge on any atom is 0.276 e. The second-order valence-corrected chi connectivity index (χ2v) is 6.73. The van der Waals surface area contributed by atoms with Gasteiger partial charge in [0.2, 0.25) is 0 Å². The second-order valence-electron chi connectivity index (χ2n) is 6.73. The number of anilines is 2. The fraction of sp³-hybridized carbons (Fsp3) is 0.286. The van der Waals surface area contributed by atoms with E-state index in [1.807, 2.05) is 48.5 Å². The normalized spacial score (nSPS) is 13.9. The lowest BCUT2D eigenvalue weighted by Crippen LogP contribution is -2.36. The molecule has 0 spiro atoms. The predicted octanol–water partition coefficient (Wildman–Crippen LogP) is 2.67. The number of nitrogens with one attached hydrogen (secondary N) is 1. The van der Waals surface area contributed by atoms with Crippen molar-refractivity contribution in [3.05, 3.63) is 59.9 Å². The van der Waals surface area contributed by atoms with Crippen LogP contribution in [-0.4, -0.2) is 54.3 Å². The molecule has 8 nitrogen and oxygen atoms in total. The summed E-state index contributed by atoms with van der Waals surface area (Å²) in [6.45, 7) is 4.99. The van der Waals surface area contributed by atoms with Gasteiger partial charge in [-0.15, -0.1) is 5.10 Å². The number of benzene rings is 2. The smallest absolute Gasteiger partial charge is 0.276 e. The van der Waals surface area contributed by atoms with Crippen molar-refractivity contribution < 1.29 is 14.3 Å². The molecule has 1 amide bonds. The Bertz CT molecular complexity index is 977. The Kier molecular flexibility index (Phi) is 5.44. The summed E-state index contributed by atoms with van der Waals surface area (Å²) in [4.78, 5) is 15.2. The topological polar surface area (TPSA) is 81.5 Å². The number of hydrogen-bond donors (Lipinski definition) is 1. The molecule has 150 valence electrons. The van der Waals surface area contributed by atoms with Crippen LogP contribution in [0.4, 0.5) is 11.4 Å². The minimum atomic E-state index is -0.262. The van der Waals surface area contributed by atoms with E-state index >= 15 is 0 Å². The van der Waals surface area contributed by atoms with Gasteiger partial charge in [0, 0.05) is 24.5 Å². The van der Waals surface area contributed by atoms with Crippen molar-refractivity contribution in [2.45, 2.75) is 6.92 Å². The maximum atomic E-state index is 12.9. The van der Waals surface area contributed by atoms with E-state index in [1.54, 1.807) is 14.0 Å². The third-order valence-electron chi connectivity index (χ3n) is 4.87. The van der Waals surface area contributed by atoms with Crippen molar-refractivity contribution >= 4 is 17.3 Å². The van der Waals surface area contributed by atoms with Crippen LogP contribution in [0, 0.1) is 6.92 Å². The summed E-state index contributed by atoms with van der Waals surface area (Å²) in [6, 6.07) is 15.1. The molecule has 1 N–H and O–H groups in total. The standard InChI is InChI=1S/C21H23N5O3/c1-15-20(26(24-23-15)18-7-9-19(28-2)10-8-18)21(27)22-16-3-5-17(6-4-16)25-11-13-29-14-12-25/h3-10H,11-14H2,1-2H3,(H,22,27). The number of hydrogen-bond acceptors (Lipinski definition) is 6. The zero-order valence-electron chi connectivity index (χ0n) is 16.5. The molecule has 29 heavy (non-hydrogen) atoms. The quantitative estimate of drug-likeness (QED) is 0.718. The minimum absolute atomic E-state index is 0.262. The summed E-state index contributed by atoms with van der Waals surface area (Å²) >= 11 is 0. The van der Waals surface area contributed by atoms with Crippen molar-refractivity contribution in [2.75, 3.05) is 43.6 Å². The fourth-order valence-corrected chi connectivity index (χ4v) is 3.29. The molecule has 0 unspecified atom stereocenters. The lowest BCUT2D eigenvalue weighted by atomic mass is 10.2. The molecule has 1 aromatic heterocycles.